The molecule has 1 aliphatic rings. The smallest absolute Gasteiger partial charge is 0.213 e. The van der Waals surface area contributed by atoms with Gasteiger partial charge in [0.2, 0.25) is 20.0 Å². The minimum atomic E-state index is -3.73. The molecular formula is C13H17N3O4S2. The van der Waals surface area contributed by atoms with Gasteiger partial charge in [-0.15, -0.1) is 0 Å². The Hall–Kier alpha value is -1.47. The third kappa shape index (κ3) is 4.04. The summed E-state index contributed by atoms with van der Waals surface area (Å²) in [5.41, 5.74) is 0.375. The molecule has 1 unspecified atom stereocenters. The first-order chi connectivity index (χ1) is 10.2. The van der Waals surface area contributed by atoms with Crippen LogP contribution in [0.1, 0.15) is 18.4 Å². The van der Waals surface area contributed by atoms with E-state index in [0.717, 1.165) is 6.26 Å². The fourth-order valence-electron chi connectivity index (χ4n) is 2.34. The number of sulfonamides is 2. The number of hydrogen-bond donors (Lipinski definition) is 1. The Labute approximate surface area is 130 Å². The molecule has 120 valence electrons. The molecule has 1 atom stereocenters. The van der Waals surface area contributed by atoms with Crippen LogP contribution in [-0.2, 0) is 20.0 Å². The summed E-state index contributed by atoms with van der Waals surface area (Å²) >= 11 is 0. The molecule has 22 heavy (non-hydrogen) atoms. The van der Waals surface area contributed by atoms with E-state index in [1.165, 1.54) is 28.6 Å². The predicted molar refractivity (Wildman–Crippen MR) is 80.9 cm³/mol. The second kappa shape index (κ2) is 6.34. The molecule has 0 amide bonds. The highest BCUT2D eigenvalue weighted by Crippen LogP contribution is 2.16. The van der Waals surface area contributed by atoms with Crippen molar-refractivity contribution in [3.63, 3.8) is 0 Å². The summed E-state index contributed by atoms with van der Waals surface area (Å²) < 4.78 is 51.5. The van der Waals surface area contributed by atoms with Gasteiger partial charge in [-0.25, -0.2) is 25.9 Å². The van der Waals surface area contributed by atoms with Crippen LogP contribution >= 0.6 is 0 Å². The zero-order chi connectivity index (χ0) is 16.4. The maximum atomic E-state index is 12.3. The molecular weight excluding hydrogens is 326 g/mol. The van der Waals surface area contributed by atoms with Crippen LogP contribution in [0, 0.1) is 11.3 Å². The number of benzene rings is 1. The van der Waals surface area contributed by atoms with Gasteiger partial charge in [0.1, 0.15) is 0 Å². The van der Waals surface area contributed by atoms with Gasteiger partial charge >= 0.3 is 0 Å². The topological polar surface area (TPSA) is 107 Å². The lowest BCUT2D eigenvalue weighted by Crippen LogP contribution is -2.49. The van der Waals surface area contributed by atoms with Crippen molar-refractivity contribution < 1.29 is 16.8 Å². The molecule has 1 aliphatic heterocycles. The molecule has 0 bridgehead atoms. The molecule has 0 aromatic heterocycles. The zero-order valence-electron chi connectivity index (χ0n) is 12.1. The third-order valence-electron chi connectivity index (χ3n) is 3.47. The molecule has 2 rings (SSSR count). The molecule has 0 saturated carbocycles. The van der Waals surface area contributed by atoms with Crippen LogP contribution in [-0.4, -0.2) is 46.5 Å². The minimum absolute atomic E-state index is 0.0583. The van der Waals surface area contributed by atoms with E-state index in [4.69, 9.17) is 5.26 Å². The lowest BCUT2D eigenvalue weighted by atomic mass is 10.1. The zero-order valence-corrected chi connectivity index (χ0v) is 13.7. The van der Waals surface area contributed by atoms with Gasteiger partial charge in [-0.05, 0) is 37.1 Å². The fraction of sp³-hybridized carbons (Fsp3) is 0.462. The van der Waals surface area contributed by atoms with Gasteiger partial charge in [0.25, 0.3) is 0 Å². The Morgan fingerprint density at radius 2 is 1.86 bits per heavy atom. The molecule has 1 saturated heterocycles. The quantitative estimate of drug-likeness (QED) is 0.844. The van der Waals surface area contributed by atoms with E-state index in [0.29, 0.717) is 24.9 Å². The second-order valence-electron chi connectivity index (χ2n) is 5.22. The Kier molecular flexibility index (Phi) is 4.87. The first-order valence-electron chi connectivity index (χ1n) is 6.70. The van der Waals surface area contributed by atoms with E-state index in [1.807, 2.05) is 6.07 Å². The molecule has 1 N–H and O–H groups in total. The van der Waals surface area contributed by atoms with Crippen LogP contribution in [0.3, 0.4) is 0 Å². The number of hydrogen-bond acceptors (Lipinski definition) is 5. The minimum Gasteiger partial charge on any atom is -0.213 e. The number of nitrogens with zero attached hydrogens (tertiary/aromatic N) is 2. The molecule has 0 aliphatic carbocycles. The van der Waals surface area contributed by atoms with Gasteiger partial charge in [0, 0.05) is 19.1 Å². The normalized spacial score (nSPS) is 20.5. The van der Waals surface area contributed by atoms with Gasteiger partial charge in [-0.2, -0.15) is 5.26 Å². The monoisotopic (exact) mass is 343 g/mol. The van der Waals surface area contributed by atoms with Gasteiger partial charge < -0.3 is 0 Å². The fourth-order valence-corrected chi connectivity index (χ4v) is 4.51. The number of rotatable bonds is 4. The second-order valence-corrected chi connectivity index (χ2v) is 8.91. The van der Waals surface area contributed by atoms with Crippen LogP contribution in [0.4, 0.5) is 0 Å². The van der Waals surface area contributed by atoms with Crippen molar-refractivity contribution in [3.8, 4) is 6.07 Å². The van der Waals surface area contributed by atoms with Crippen LogP contribution in [0.25, 0.3) is 0 Å². The molecule has 1 aromatic carbocycles. The maximum absolute atomic E-state index is 12.3. The lowest BCUT2D eigenvalue weighted by molar-refractivity contribution is 0.305. The molecule has 1 fully saturated rings. The van der Waals surface area contributed by atoms with Crippen molar-refractivity contribution in [2.24, 2.45) is 0 Å². The Balaban J connectivity index is 2.13. The maximum Gasteiger partial charge on any atom is 0.240 e. The number of nitrogens with one attached hydrogen (secondary N) is 1. The summed E-state index contributed by atoms with van der Waals surface area (Å²) in [6, 6.07) is 7.04. The number of nitriles is 1. The molecule has 0 radical (unpaired) electrons. The first-order valence-corrected chi connectivity index (χ1v) is 10.0. The van der Waals surface area contributed by atoms with Gasteiger partial charge in [-0.1, -0.05) is 0 Å². The summed E-state index contributed by atoms with van der Waals surface area (Å²) in [7, 11) is -7.06. The average Bonchev–Trinajstić information content (AvgIpc) is 2.46. The largest absolute Gasteiger partial charge is 0.240 e. The third-order valence-corrected chi connectivity index (χ3v) is 6.27. The average molecular weight is 343 g/mol. The van der Waals surface area contributed by atoms with Crippen molar-refractivity contribution in [2.75, 3.05) is 19.3 Å². The van der Waals surface area contributed by atoms with Crippen molar-refractivity contribution in [1.82, 2.24) is 9.03 Å². The molecule has 9 heteroatoms. The van der Waals surface area contributed by atoms with Crippen molar-refractivity contribution in [1.29, 1.82) is 5.26 Å². The molecule has 1 aromatic rings. The highest BCUT2D eigenvalue weighted by Gasteiger charge is 2.29. The van der Waals surface area contributed by atoms with Crippen LogP contribution in [0.15, 0.2) is 29.2 Å². The van der Waals surface area contributed by atoms with Crippen LogP contribution < -0.4 is 4.72 Å². The first kappa shape index (κ1) is 16.9. The highest BCUT2D eigenvalue weighted by atomic mass is 32.2. The summed E-state index contributed by atoms with van der Waals surface area (Å²) in [6.45, 7) is 0.544. The Morgan fingerprint density at radius 1 is 1.23 bits per heavy atom. The van der Waals surface area contributed by atoms with Gasteiger partial charge in [-0.3, -0.25) is 0 Å². The van der Waals surface area contributed by atoms with E-state index in [2.05, 4.69) is 4.72 Å². The summed E-state index contributed by atoms with van der Waals surface area (Å²) in [6.07, 6.45) is 2.31. The van der Waals surface area contributed by atoms with Crippen molar-refractivity contribution in [2.45, 2.75) is 23.8 Å². The molecule has 7 nitrogen and oxygen atoms in total. The standard InChI is InChI=1S/C13H17N3O4S2/c1-21(17,18)16-8-2-3-12(10-16)15-22(19,20)13-6-4-11(9-14)5-7-13/h4-7,12,15H,2-3,8,10H2,1H3. The summed E-state index contributed by atoms with van der Waals surface area (Å²) in [5, 5.41) is 8.72. The van der Waals surface area contributed by atoms with Crippen molar-refractivity contribution in [3.05, 3.63) is 29.8 Å². The molecule has 0 spiro atoms. The van der Waals surface area contributed by atoms with Gasteiger partial charge in [0.15, 0.2) is 0 Å². The SMILES string of the molecule is CS(=O)(=O)N1CCCC(NS(=O)(=O)c2ccc(C#N)cc2)C1. The molecule has 1 heterocycles. The summed E-state index contributed by atoms with van der Waals surface area (Å²) in [4.78, 5) is 0.0583. The lowest BCUT2D eigenvalue weighted by Gasteiger charge is -2.31. The van der Waals surface area contributed by atoms with E-state index >= 15 is 0 Å². The van der Waals surface area contributed by atoms with Crippen LogP contribution in [0.2, 0.25) is 0 Å². The van der Waals surface area contributed by atoms with Gasteiger partial charge in [0.05, 0.1) is 22.8 Å². The highest BCUT2D eigenvalue weighted by molar-refractivity contribution is 7.89. The van der Waals surface area contributed by atoms with Crippen molar-refractivity contribution >= 4 is 20.0 Å². The Bertz CT molecular complexity index is 780. The van der Waals surface area contributed by atoms with E-state index < -0.39 is 26.1 Å². The van der Waals surface area contributed by atoms with E-state index in [9.17, 15) is 16.8 Å². The van der Waals surface area contributed by atoms with E-state index in [-0.39, 0.29) is 11.4 Å². The Morgan fingerprint density at radius 3 is 2.41 bits per heavy atom. The summed E-state index contributed by atoms with van der Waals surface area (Å²) in [5.74, 6) is 0. The van der Waals surface area contributed by atoms with E-state index in [1.54, 1.807) is 0 Å². The number of piperidine rings is 1. The van der Waals surface area contributed by atoms with Crippen LogP contribution in [0.5, 0.6) is 0 Å². The predicted octanol–water partition coefficient (Wildman–Crippen LogP) is 0.261.